The summed E-state index contributed by atoms with van der Waals surface area (Å²) in [5.41, 5.74) is 2.46. The van der Waals surface area contributed by atoms with E-state index in [9.17, 15) is 0 Å². The van der Waals surface area contributed by atoms with Gasteiger partial charge >= 0.3 is 0 Å². The van der Waals surface area contributed by atoms with Gasteiger partial charge in [-0.1, -0.05) is 35.0 Å². The topological polar surface area (TPSA) is 17.8 Å². The fourth-order valence-corrected chi connectivity index (χ4v) is 1.42. The van der Waals surface area contributed by atoms with Crippen LogP contribution in [0, 0.1) is 6.92 Å². The molecule has 1 aromatic rings. The zero-order valence-corrected chi connectivity index (χ0v) is 9.71. The number of hydrogen-bond acceptors (Lipinski definition) is 1. The largest absolute Gasteiger partial charge is 0.269 e. The standard InChI is InChI=1S/C10H15BrN2/c1-3-7-13-9(2)10(8-12-13)5-4-6-11/h4-5,8H,3,6-7H2,1-2H3. The first-order chi connectivity index (χ1) is 6.29. The van der Waals surface area contributed by atoms with Gasteiger partial charge in [0.2, 0.25) is 0 Å². The summed E-state index contributed by atoms with van der Waals surface area (Å²) in [6.45, 7) is 5.28. The van der Waals surface area contributed by atoms with E-state index in [-0.39, 0.29) is 0 Å². The third kappa shape index (κ3) is 2.69. The molecule has 0 unspecified atom stereocenters. The molecule has 1 rings (SSSR count). The van der Waals surface area contributed by atoms with Crippen molar-refractivity contribution >= 4 is 22.0 Å². The number of aromatic nitrogens is 2. The number of allylic oxidation sites excluding steroid dienone is 1. The van der Waals surface area contributed by atoms with E-state index < -0.39 is 0 Å². The molecule has 0 spiro atoms. The van der Waals surface area contributed by atoms with Crippen molar-refractivity contribution in [1.29, 1.82) is 0 Å². The van der Waals surface area contributed by atoms with Gasteiger partial charge in [-0.05, 0) is 13.3 Å². The Morgan fingerprint density at radius 3 is 3.00 bits per heavy atom. The molecule has 13 heavy (non-hydrogen) atoms. The van der Waals surface area contributed by atoms with Crippen molar-refractivity contribution in [3.8, 4) is 0 Å². The smallest absolute Gasteiger partial charge is 0.0564 e. The predicted octanol–water partition coefficient (Wildman–Crippen LogP) is 3.01. The van der Waals surface area contributed by atoms with Crippen LogP contribution in [0.5, 0.6) is 0 Å². The molecule has 1 heterocycles. The lowest BCUT2D eigenvalue weighted by Gasteiger charge is -2.00. The van der Waals surface area contributed by atoms with Crippen LogP contribution in [0.1, 0.15) is 24.6 Å². The van der Waals surface area contributed by atoms with Crippen molar-refractivity contribution in [3.63, 3.8) is 0 Å². The molecule has 0 saturated heterocycles. The Kier molecular flexibility index (Phi) is 4.22. The molecule has 0 radical (unpaired) electrons. The minimum atomic E-state index is 0.894. The minimum absolute atomic E-state index is 0.894. The first-order valence-corrected chi connectivity index (χ1v) is 5.66. The molecule has 0 aliphatic heterocycles. The molecule has 0 atom stereocenters. The number of halogens is 1. The molecule has 0 saturated carbocycles. The third-order valence-corrected chi connectivity index (χ3v) is 2.34. The highest BCUT2D eigenvalue weighted by molar-refractivity contribution is 9.09. The highest BCUT2D eigenvalue weighted by Crippen LogP contribution is 2.09. The maximum Gasteiger partial charge on any atom is 0.0564 e. The Morgan fingerprint density at radius 2 is 2.38 bits per heavy atom. The Morgan fingerprint density at radius 1 is 1.62 bits per heavy atom. The van der Waals surface area contributed by atoms with E-state index in [1.54, 1.807) is 0 Å². The zero-order valence-electron chi connectivity index (χ0n) is 8.13. The van der Waals surface area contributed by atoms with Crippen LogP contribution in [0.2, 0.25) is 0 Å². The van der Waals surface area contributed by atoms with Crippen molar-refractivity contribution < 1.29 is 0 Å². The van der Waals surface area contributed by atoms with Crippen LogP contribution >= 0.6 is 15.9 Å². The van der Waals surface area contributed by atoms with Crippen LogP contribution in [0.25, 0.3) is 6.08 Å². The van der Waals surface area contributed by atoms with E-state index in [2.05, 4.69) is 47.0 Å². The van der Waals surface area contributed by atoms with Gasteiger partial charge < -0.3 is 0 Å². The quantitative estimate of drug-likeness (QED) is 0.743. The lowest BCUT2D eigenvalue weighted by Crippen LogP contribution is -2.00. The summed E-state index contributed by atoms with van der Waals surface area (Å²) < 4.78 is 2.05. The summed E-state index contributed by atoms with van der Waals surface area (Å²) in [5.74, 6) is 0. The van der Waals surface area contributed by atoms with Gasteiger partial charge in [0.05, 0.1) is 6.20 Å². The van der Waals surface area contributed by atoms with Gasteiger partial charge in [-0.3, -0.25) is 4.68 Å². The maximum atomic E-state index is 4.31. The van der Waals surface area contributed by atoms with Crippen molar-refractivity contribution in [1.82, 2.24) is 9.78 Å². The summed E-state index contributed by atoms with van der Waals surface area (Å²) in [6, 6.07) is 0. The predicted molar refractivity (Wildman–Crippen MR) is 60.1 cm³/mol. The molecule has 0 aliphatic rings. The van der Waals surface area contributed by atoms with Gasteiger partial charge in [-0.2, -0.15) is 5.10 Å². The fraction of sp³-hybridized carbons (Fsp3) is 0.500. The zero-order chi connectivity index (χ0) is 9.68. The van der Waals surface area contributed by atoms with Gasteiger partial charge in [0.1, 0.15) is 0 Å². The van der Waals surface area contributed by atoms with Crippen LogP contribution in [0.15, 0.2) is 12.3 Å². The molecule has 0 aliphatic carbocycles. The van der Waals surface area contributed by atoms with Crippen LogP contribution in [-0.2, 0) is 6.54 Å². The monoisotopic (exact) mass is 242 g/mol. The Labute approximate surface area is 87.8 Å². The molecular formula is C10H15BrN2. The molecule has 0 aromatic carbocycles. The summed E-state index contributed by atoms with van der Waals surface area (Å²) in [6.07, 6.45) is 7.23. The Hall–Kier alpha value is -0.570. The highest BCUT2D eigenvalue weighted by atomic mass is 79.9. The second-order valence-corrected chi connectivity index (χ2v) is 3.61. The summed E-state index contributed by atoms with van der Waals surface area (Å²) in [5, 5.41) is 5.20. The van der Waals surface area contributed by atoms with Crippen molar-refractivity contribution in [2.24, 2.45) is 0 Å². The average molecular weight is 243 g/mol. The molecule has 0 fully saturated rings. The van der Waals surface area contributed by atoms with Gasteiger partial charge in [0, 0.05) is 23.1 Å². The van der Waals surface area contributed by atoms with Crippen LogP contribution in [-0.4, -0.2) is 15.1 Å². The van der Waals surface area contributed by atoms with E-state index in [0.717, 1.165) is 18.3 Å². The maximum absolute atomic E-state index is 4.31. The van der Waals surface area contributed by atoms with Crippen molar-refractivity contribution in [3.05, 3.63) is 23.5 Å². The average Bonchev–Trinajstić information content (AvgIpc) is 2.46. The normalized spacial score (nSPS) is 11.3. The molecule has 1 aromatic heterocycles. The number of alkyl halides is 1. The first kappa shape index (κ1) is 10.5. The lowest BCUT2D eigenvalue weighted by molar-refractivity contribution is 0.587. The van der Waals surface area contributed by atoms with Crippen molar-refractivity contribution in [2.75, 3.05) is 5.33 Å². The van der Waals surface area contributed by atoms with E-state index in [1.165, 1.54) is 11.3 Å². The van der Waals surface area contributed by atoms with Gasteiger partial charge in [0.25, 0.3) is 0 Å². The Bertz CT molecular complexity index is 289. The summed E-state index contributed by atoms with van der Waals surface area (Å²) >= 11 is 3.35. The number of hydrogen-bond donors (Lipinski definition) is 0. The highest BCUT2D eigenvalue weighted by Gasteiger charge is 2.01. The van der Waals surface area contributed by atoms with E-state index in [0.29, 0.717) is 0 Å². The summed E-state index contributed by atoms with van der Waals surface area (Å²) in [4.78, 5) is 0. The second kappa shape index (κ2) is 5.22. The number of nitrogens with zero attached hydrogens (tertiary/aromatic N) is 2. The number of aryl methyl sites for hydroxylation is 1. The van der Waals surface area contributed by atoms with Gasteiger partial charge in [-0.25, -0.2) is 0 Å². The molecule has 0 amide bonds. The van der Waals surface area contributed by atoms with E-state index >= 15 is 0 Å². The van der Waals surface area contributed by atoms with E-state index in [1.807, 2.05) is 10.9 Å². The molecule has 72 valence electrons. The fourth-order valence-electron chi connectivity index (χ4n) is 1.23. The molecule has 2 nitrogen and oxygen atoms in total. The van der Waals surface area contributed by atoms with Crippen LogP contribution < -0.4 is 0 Å². The third-order valence-electron chi connectivity index (χ3n) is 1.96. The Balaban J connectivity index is 2.79. The van der Waals surface area contributed by atoms with Gasteiger partial charge in [-0.15, -0.1) is 0 Å². The molecular weight excluding hydrogens is 228 g/mol. The van der Waals surface area contributed by atoms with Crippen molar-refractivity contribution in [2.45, 2.75) is 26.8 Å². The minimum Gasteiger partial charge on any atom is -0.269 e. The number of rotatable bonds is 4. The second-order valence-electron chi connectivity index (χ2n) is 2.97. The first-order valence-electron chi connectivity index (χ1n) is 4.54. The lowest BCUT2D eigenvalue weighted by atomic mass is 10.2. The molecule has 3 heteroatoms. The summed E-state index contributed by atoms with van der Waals surface area (Å²) in [7, 11) is 0. The SMILES string of the molecule is CCCn1ncc(C=CCBr)c1C. The van der Waals surface area contributed by atoms with Gasteiger partial charge in [0.15, 0.2) is 0 Å². The van der Waals surface area contributed by atoms with E-state index in [4.69, 9.17) is 0 Å². The van der Waals surface area contributed by atoms with Crippen LogP contribution in [0.4, 0.5) is 0 Å². The molecule has 0 bridgehead atoms. The molecule has 0 N–H and O–H groups in total. The van der Waals surface area contributed by atoms with Crippen LogP contribution in [0.3, 0.4) is 0 Å².